The van der Waals surface area contributed by atoms with Gasteiger partial charge in [-0.1, -0.05) is 19.9 Å². The van der Waals surface area contributed by atoms with Crippen LogP contribution in [0.15, 0.2) is 48.8 Å². The summed E-state index contributed by atoms with van der Waals surface area (Å²) in [7, 11) is 0. The number of benzene rings is 1. The van der Waals surface area contributed by atoms with Gasteiger partial charge in [-0.25, -0.2) is 4.39 Å². The van der Waals surface area contributed by atoms with E-state index in [-0.39, 0.29) is 23.7 Å². The number of nitrogens with one attached hydrogen (secondary N) is 1. The van der Waals surface area contributed by atoms with Gasteiger partial charge in [-0.2, -0.15) is 0 Å². The predicted octanol–water partition coefficient (Wildman–Crippen LogP) is 2.86. The maximum absolute atomic E-state index is 13.1. The first kappa shape index (κ1) is 19.3. The van der Waals surface area contributed by atoms with Crippen molar-refractivity contribution in [1.29, 1.82) is 0 Å². The highest BCUT2D eigenvalue weighted by atomic mass is 19.1. The molecule has 1 saturated heterocycles. The average molecular weight is 370 g/mol. The zero-order valence-electron chi connectivity index (χ0n) is 15.9. The summed E-state index contributed by atoms with van der Waals surface area (Å²) in [6.07, 6.45) is 3.64. The standard InChI is InChI=1S/C21H27FN4O/c1-16(2)21(27)24-15-20(17-4-3-9-23-14-17)26-12-10-25(11-13-26)19-7-5-18(22)6-8-19/h3-9,14,16,20H,10-13,15H2,1-2H3,(H,24,27)/t20-/m0/s1. The van der Waals surface area contributed by atoms with E-state index in [1.54, 1.807) is 6.20 Å². The zero-order valence-corrected chi connectivity index (χ0v) is 15.9. The van der Waals surface area contributed by atoms with Crippen LogP contribution in [0.2, 0.25) is 0 Å². The quantitative estimate of drug-likeness (QED) is 0.850. The minimum absolute atomic E-state index is 0.0325. The lowest BCUT2D eigenvalue weighted by Gasteiger charge is -2.40. The van der Waals surface area contributed by atoms with E-state index in [0.29, 0.717) is 6.54 Å². The molecular formula is C21H27FN4O. The van der Waals surface area contributed by atoms with E-state index in [1.807, 2.05) is 38.2 Å². The summed E-state index contributed by atoms with van der Waals surface area (Å²) in [5.74, 6) is -0.182. The van der Waals surface area contributed by atoms with Gasteiger partial charge in [-0.05, 0) is 35.9 Å². The van der Waals surface area contributed by atoms with Crippen molar-refractivity contribution in [1.82, 2.24) is 15.2 Å². The molecule has 6 heteroatoms. The Morgan fingerprint density at radius 2 is 1.85 bits per heavy atom. The molecular weight excluding hydrogens is 343 g/mol. The molecule has 1 aliphatic heterocycles. The van der Waals surface area contributed by atoms with Crippen molar-refractivity contribution < 1.29 is 9.18 Å². The van der Waals surface area contributed by atoms with Gasteiger partial charge in [-0.15, -0.1) is 0 Å². The zero-order chi connectivity index (χ0) is 19.2. The first-order chi connectivity index (χ1) is 13.0. The molecule has 0 radical (unpaired) electrons. The van der Waals surface area contributed by atoms with Crippen LogP contribution in [-0.2, 0) is 4.79 Å². The second kappa shape index (κ2) is 8.95. The fraction of sp³-hybridized carbons (Fsp3) is 0.429. The Kier molecular flexibility index (Phi) is 6.40. The summed E-state index contributed by atoms with van der Waals surface area (Å²) in [4.78, 5) is 20.9. The molecule has 1 aliphatic rings. The smallest absolute Gasteiger partial charge is 0.222 e. The van der Waals surface area contributed by atoms with Crippen molar-refractivity contribution in [3.05, 3.63) is 60.2 Å². The largest absolute Gasteiger partial charge is 0.369 e. The van der Waals surface area contributed by atoms with Crippen molar-refractivity contribution in [2.75, 3.05) is 37.6 Å². The molecule has 1 aromatic carbocycles. The van der Waals surface area contributed by atoms with Gasteiger partial charge in [0.2, 0.25) is 5.91 Å². The molecule has 0 aliphatic carbocycles. The molecule has 0 bridgehead atoms. The predicted molar refractivity (Wildman–Crippen MR) is 105 cm³/mol. The van der Waals surface area contributed by atoms with Crippen molar-refractivity contribution in [3.8, 4) is 0 Å². The van der Waals surface area contributed by atoms with E-state index in [2.05, 4.69) is 26.2 Å². The van der Waals surface area contributed by atoms with E-state index in [0.717, 1.165) is 37.4 Å². The Morgan fingerprint density at radius 3 is 2.44 bits per heavy atom. The van der Waals surface area contributed by atoms with Gasteiger partial charge in [0, 0.05) is 56.7 Å². The van der Waals surface area contributed by atoms with E-state index >= 15 is 0 Å². The Morgan fingerprint density at radius 1 is 1.15 bits per heavy atom. The summed E-state index contributed by atoms with van der Waals surface area (Å²) in [5, 5.41) is 3.06. The molecule has 0 unspecified atom stereocenters. The highest BCUT2D eigenvalue weighted by Gasteiger charge is 2.26. The summed E-state index contributed by atoms with van der Waals surface area (Å²) < 4.78 is 13.1. The minimum Gasteiger partial charge on any atom is -0.369 e. The highest BCUT2D eigenvalue weighted by molar-refractivity contribution is 5.77. The Balaban J connectivity index is 1.66. The minimum atomic E-state index is -0.213. The van der Waals surface area contributed by atoms with E-state index < -0.39 is 0 Å². The van der Waals surface area contributed by atoms with Crippen LogP contribution in [0.4, 0.5) is 10.1 Å². The van der Waals surface area contributed by atoms with Crippen LogP contribution in [0.3, 0.4) is 0 Å². The number of carbonyl (C=O) groups is 1. The van der Waals surface area contributed by atoms with E-state index in [4.69, 9.17) is 0 Å². The van der Waals surface area contributed by atoms with Crippen LogP contribution < -0.4 is 10.2 Å². The van der Waals surface area contributed by atoms with Gasteiger partial charge in [0.05, 0.1) is 6.04 Å². The SMILES string of the molecule is CC(C)C(=O)NC[C@@H](c1cccnc1)N1CCN(c2ccc(F)cc2)CC1. The second-order valence-corrected chi connectivity index (χ2v) is 7.20. The molecule has 1 N–H and O–H groups in total. The lowest BCUT2D eigenvalue weighted by Crippen LogP contribution is -2.50. The van der Waals surface area contributed by atoms with Crippen LogP contribution in [0, 0.1) is 11.7 Å². The molecule has 1 amide bonds. The van der Waals surface area contributed by atoms with Crippen molar-refractivity contribution >= 4 is 11.6 Å². The third-order valence-electron chi connectivity index (χ3n) is 5.01. The van der Waals surface area contributed by atoms with E-state index in [9.17, 15) is 9.18 Å². The van der Waals surface area contributed by atoms with Gasteiger partial charge >= 0.3 is 0 Å². The van der Waals surface area contributed by atoms with Crippen LogP contribution in [0.25, 0.3) is 0 Å². The summed E-state index contributed by atoms with van der Waals surface area (Å²) in [5.41, 5.74) is 2.15. The number of piperazine rings is 1. The Labute approximate surface area is 160 Å². The first-order valence-electron chi connectivity index (χ1n) is 9.47. The van der Waals surface area contributed by atoms with Gasteiger partial charge in [0.15, 0.2) is 0 Å². The maximum atomic E-state index is 13.1. The number of hydrogen-bond donors (Lipinski definition) is 1. The van der Waals surface area contributed by atoms with Gasteiger partial charge < -0.3 is 10.2 Å². The first-order valence-corrected chi connectivity index (χ1v) is 9.47. The topological polar surface area (TPSA) is 48.5 Å². The molecule has 1 fully saturated rings. The number of rotatable bonds is 6. The fourth-order valence-electron chi connectivity index (χ4n) is 3.38. The van der Waals surface area contributed by atoms with Crippen molar-refractivity contribution in [2.45, 2.75) is 19.9 Å². The molecule has 27 heavy (non-hydrogen) atoms. The third kappa shape index (κ3) is 5.04. The number of nitrogens with zero attached hydrogens (tertiary/aromatic N) is 3. The third-order valence-corrected chi connectivity index (χ3v) is 5.01. The number of anilines is 1. The molecule has 0 saturated carbocycles. The normalized spacial score (nSPS) is 16.4. The number of amides is 1. The summed E-state index contributed by atoms with van der Waals surface area (Å²) in [6, 6.07) is 10.7. The van der Waals surface area contributed by atoms with E-state index in [1.165, 1.54) is 12.1 Å². The number of halogens is 1. The monoisotopic (exact) mass is 370 g/mol. The van der Waals surface area contributed by atoms with Crippen LogP contribution in [0.5, 0.6) is 0 Å². The maximum Gasteiger partial charge on any atom is 0.222 e. The van der Waals surface area contributed by atoms with Crippen LogP contribution in [-0.4, -0.2) is 48.5 Å². The molecule has 3 rings (SSSR count). The Bertz CT molecular complexity index is 728. The molecule has 0 spiro atoms. The van der Waals surface area contributed by atoms with Crippen LogP contribution >= 0.6 is 0 Å². The lowest BCUT2D eigenvalue weighted by atomic mass is 10.1. The number of pyridine rings is 1. The number of carbonyl (C=O) groups excluding carboxylic acids is 1. The summed E-state index contributed by atoms with van der Waals surface area (Å²) in [6.45, 7) is 7.83. The summed E-state index contributed by atoms with van der Waals surface area (Å²) >= 11 is 0. The Hall–Kier alpha value is -2.47. The highest BCUT2D eigenvalue weighted by Crippen LogP contribution is 2.23. The number of aromatic nitrogens is 1. The second-order valence-electron chi connectivity index (χ2n) is 7.20. The van der Waals surface area contributed by atoms with Crippen molar-refractivity contribution in [3.63, 3.8) is 0 Å². The average Bonchev–Trinajstić information content (AvgIpc) is 2.70. The van der Waals surface area contributed by atoms with Gasteiger partial charge in [0.25, 0.3) is 0 Å². The molecule has 144 valence electrons. The molecule has 5 nitrogen and oxygen atoms in total. The lowest BCUT2D eigenvalue weighted by molar-refractivity contribution is -0.124. The number of hydrogen-bond acceptors (Lipinski definition) is 4. The van der Waals surface area contributed by atoms with Crippen molar-refractivity contribution in [2.24, 2.45) is 5.92 Å². The van der Waals surface area contributed by atoms with Crippen LogP contribution in [0.1, 0.15) is 25.5 Å². The molecule has 1 aromatic heterocycles. The van der Waals surface area contributed by atoms with Gasteiger partial charge in [0.1, 0.15) is 5.82 Å². The fourth-order valence-corrected chi connectivity index (χ4v) is 3.38. The molecule has 2 heterocycles. The molecule has 1 atom stereocenters. The molecule has 2 aromatic rings. The van der Waals surface area contributed by atoms with Gasteiger partial charge in [-0.3, -0.25) is 14.7 Å².